The van der Waals surface area contributed by atoms with E-state index in [-0.39, 0.29) is 31.1 Å². The first kappa shape index (κ1) is 58.4. The fourth-order valence-electron chi connectivity index (χ4n) is 8.19. The Hall–Kier alpha value is -1.59. The molecule has 6 nitrogen and oxygen atoms in total. The van der Waals surface area contributed by atoms with Gasteiger partial charge in [-0.25, -0.2) is 0 Å². The van der Waals surface area contributed by atoms with Crippen LogP contribution in [-0.2, 0) is 28.6 Å². The van der Waals surface area contributed by atoms with Crippen molar-refractivity contribution in [2.45, 2.75) is 310 Å². The lowest BCUT2D eigenvalue weighted by molar-refractivity contribution is -0.167. The lowest BCUT2D eigenvalue weighted by Crippen LogP contribution is -2.30. The number of hydrogen-bond acceptors (Lipinski definition) is 6. The number of hydrogen-bond donors (Lipinski definition) is 0. The van der Waals surface area contributed by atoms with Crippen LogP contribution in [0.5, 0.6) is 0 Å². The first-order valence-electron chi connectivity index (χ1n) is 26.9. The number of carbonyl (C=O) groups excluding carboxylic acids is 3. The topological polar surface area (TPSA) is 78.9 Å². The van der Waals surface area contributed by atoms with Crippen molar-refractivity contribution in [3.63, 3.8) is 0 Å². The van der Waals surface area contributed by atoms with Gasteiger partial charge >= 0.3 is 17.9 Å². The van der Waals surface area contributed by atoms with E-state index in [2.05, 4.69) is 27.7 Å². The van der Waals surface area contributed by atoms with Crippen LogP contribution >= 0.6 is 0 Å². The molecule has 0 amide bonds. The quantitative estimate of drug-likeness (QED) is 0.0345. The zero-order chi connectivity index (χ0) is 43.8. The molecule has 60 heavy (non-hydrogen) atoms. The summed E-state index contributed by atoms with van der Waals surface area (Å²) in [4.78, 5) is 37.8. The largest absolute Gasteiger partial charge is 0.462 e. The van der Waals surface area contributed by atoms with Crippen molar-refractivity contribution in [3.8, 4) is 0 Å². The van der Waals surface area contributed by atoms with Crippen molar-refractivity contribution in [3.05, 3.63) is 0 Å². The van der Waals surface area contributed by atoms with Gasteiger partial charge in [0.05, 0.1) is 0 Å². The van der Waals surface area contributed by atoms with E-state index in [1.54, 1.807) is 0 Å². The van der Waals surface area contributed by atoms with Gasteiger partial charge in [0.1, 0.15) is 13.2 Å². The van der Waals surface area contributed by atoms with E-state index < -0.39 is 6.10 Å². The van der Waals surface area contributed by atoms with E-state index in [4.69, 9.17) is 14.2 Å². The second-order valence-electron chi connectivity index (χ2n) is 18.8. The molecule has 0 rings (SSSR count). The molecule has 2 atom stereocenters. The van der Waals surface area contributed by atoms with Crippen molar-refractivity contribution in [1.29, 1.82) is 0 Å². The van der Waals surface area contributed by atoms with Crippen LogP contribution in [0.1, 0.15) is 304 Å². The smallest absolute Gasteiger partial charge is 0.306 e. The molecule has 0 heterocycles. The average molecular weight is 849 g/mol. The average Bonchev–Trinajstić information content (AvgIpc) is 3.25. The molecule has 0 aromatic carbocycles. The Labute approximate surface area is 374 Å². The highest BCUT2D eigenvalue weighted by Crippen LogP contribution is 2.18. The highest BCUT2D eigenvalue weighted by atomic mass is 16.6. The van der Waals surface area contributed by atoms with Gasteiger partial charge < -0.3 is 14.2 Å². The van der Waals surface area contributed by atoms with E-state index in [1.807, 2.05) is 0 Å². The minimum Gasteiger partial charge on any atom is -0.462 e. The third-order valence-corrected chi connectivity index (χ3v) is 12.7. The van der Waals surface area contributed by atoms with Crippen LogP contribution in [0.25, 0.3) is 0 Å². The maximum Gasteiger partial charge on any atom is 0.306 e. The first-order valence-corrected chi connectivity index (χ1v) is 26.9. The molecule has 0 aromatic rings. The summed E-state index contributed by atoms with van der Waals surface area (Å²) in [7, 11) is 0. The van der Waals surface area contributed by atoms with Gasteiger partial charge in [-0.15, -0.1) is 0 Å². The van der Waals surface area contributed by atoms with Crippen molar-refractivity contribution in [2.24, 2.45) is 5.92 Å². The standard InChI is InChI=1S/C54H104O6/c1-5-8-10-12-14-15-16-17-18-19-20-24-27-30-34-38-42-46-53(56)59-49-51(48-58-52(55)45-41-37-32-13-11-9-6-2)60-54(57)47-43-39-35-31-28-25-22-21-23-26-29-33-36-40-44-50(4)7-3/h50-51H,5-49H2,1-4H3/t50?,51-/m1/s1. The molecular weight excluding hydrogens is 745 g/mol. The fourth-order valence-corrected chi connectivity index (χ4v) is 8.19. The molecule has 0 fully saturated rings. The summed E-state index contributed by atoms with van der Waals surface area (Å²) >= 11 is 0. The fraction of sp³-hybridized carbons (Fsp3) is 0.944. The van der Waals surface area contributed by atoms with Gasteiger partial charge in [0.25, 0.3) is 0 Å². The first-order chi connectivity index (χ1) is 29.4. The summed E-state index contributed by atoms with van der Waals surface area (Å²) in [5.41, 5.74) is 0. The molecular formula is C54H104O6. The molecule has 0 N–H and O–H groups in total. The molecule has 1 unspecified atom stereocenters. The highest BCUT2D eigenvalue weighted by molar-refractivity contribution is 5.71. The predicted molar refractivity (Wildman–Crippen MR) is 257 cm³/mol. The number of rotatable bonds is 49. The third kappa shape index (κ3) is 45.9. The summed E-state index contributed by atoms with van der Waals surface area (Å²) in [5.74, 6) is 0.0460. The highest BCUT2D eigenvalue weighted by Gasteiger charge is 2.19. The lowest BCUT2D eigenvalue weighted by Gasteiger charge is -2.18. The molecule has 6 heteroatoms. The van der Waals surface area contributed by atoms with Gasteiger partial charge in [-0.1, -0.05) is 265 Å². The van der Waals surface area contributed by atoms with Crippen LogP contribution in [-0.4, -0.2) is 37.2 Å². The van der Waals surface area contributed by atoms with Gasteiger partial charge in [0.15, 0.2) is 6.10 Å². The monoisotopic (exact) mass is 849 g/mol. The van der Waals surface area contributed by atoms with Crippen LogP contribution in [0.3, 0.4) is 0 Å². The van der Waals surface area contributed by atoms with E-state index >= 15 is 0 Å². The van der Waals surface area contributed by atoms with Crippen LogP contribution < -0.4 is 0 Å². The minimum absolute atomic E-state index is 0.0629. The summed E-state index contributed by atoms with van der Waals surface area (Å²) in [6.07, 6.45) is 51.0. The number of ether oxygens (including phenoxy) is 3. The lowest BCUT2D eigenvalue weighted by atomic mass is 9.99. The maximum atomic E-state index is 12.8. The van der Waals surface area contributed by atoms with E-state index in [9.17, 15) is 14.4 Å². The molecule has 0 aliphatic carbocycles. The molecule has 0 aliphatic heterocycles. The number of esters is 3. The number of carbonyl (C=O) groups is 3. The Morgan fingerprint density at radius 3 is 0.867 bits per heavy atom. The molecule has 0 radical (unpaired) electrons. The predicted octanol–water partition coefficient (Wildman–Crippen LogP) is 17.5. The Morgan fingerprint density at radius 1 is 0.333 bits per heavy atom. The SMILES string of the molecule is CCCCCCCCCCCCCCCCCCCC(=O)OC[C@@H](COC(=O)CCCCCCCCC)OC(=O)CCCCCCCCCCCCCCCCC(C)CC. The molecule has 0 saturated heterocycles. The Bertz CT molecular complexity index is 905. The summed E-state index contributed by atoms with van der Waals surface area (Å²) in [6, 6.07) is 0. The second-order valence-corrected chi connectivity index (χ2v) is 18.8. The summed E-state index contributed by atoms with van der Waals surface area (Å²) in [5, 5.41) is 0. The van der Waals surface area contributed by atoms with Crippen molar-refractivity contribution >= 4 is 17.9 Å². The van der Waals surface area contributed by atoms with Crippen molar-refractivity contribution in [1.82, 2.24) is 0 Å². The summed E-state index contributed by atoms with van der Waals surface area (Å²) < 4.78 is 16.8. The van der Waals surface area contributed by atoms with Crippen LogP contribution in [0.15, 0.2) is 0 Å². The second kappa shape index (κ2) is 48.4. The van der Waals surface area contributed by atoms with E-state index in [0.29, 0.717) is 19.3 Å². The number of unbranched alkanes of at least 4 members (excludes halogenated alkanes) is 35. The van der Waals surface area contributed by atoms with Crippen molar-refractivity contribution in [2.75, 3.05) is 13.2 Å². The van der Waals surface area contributed by atoms with Gasteiger partial charge in [-0.2, -0.15) is 0 Å². The molecule has 0 aromatic heterocycles. The van der Waals surface area contributed by atoms with Gasteiger partial charge in [0.2, 0.25) is 0 Å². The third-order valence-electron chi connectivity index (χ3n) is 12.7. The molecule has 0 spiro atoms. The normalized spacial score (nSPS) is 12.4. The van der Waals surface area contributed by atoms with Crippen LogP contribution in [0.4, 0.5) is 0 Å². The summed E-state index contributed by atoms with van der Waals surface area (Å²) in [6.45, 7) is 9.04. The molecule has 0 bridgehead atoms. The van der Waals surface area contributed by atoms with E-state index in [1.165, 1.54) is 199 Å². The molecule has 356 valence electrons. The molecule has 0 aliphatic rings. The van der Waals surface area contributed by atoms with Crippen LogP contribution in [0, 0.1) is 5.92 Å². The van der Waals surface area contributed by atoms with Crippen molar-refractivity contribution < 1.29 is 28.6 Å². The van der Waals surface area contributed by atoms with Crippen LogP contribution in [0.2, 0.25) is 0 Å². The Morgan fingerprint density at radius 2 is 0.583 bits per heavy atom. The van der Waals surface area contributed by atoms with E-state index in [0.717, 1.165) is 63.7 Å². The Kier molecular flexibility index (Phi) is 47.2. The maximum absolute atomic E-state index is 12.8. The van der Waals surface area contributed by atoms with Gasteiger partial charge in [-0.05, 0) is 25.2 Å². The molecule has 0 saturated carbocycles. The minimum atomic E-state index is -0.760. The van der Waals surface area contributed by atoms with Gasteiger partial charge in [-0.3, -0.25) is 14.4 Å². The zero-order valence-electron chi connectivity index (χ0n) is 40.9. The van der Waals surface area contributed by atoms with Gasteiger partial charge in [0, 0.05) is 19.3 Å². The Balaban J connectivity index is 4.18. The zero-order valence-corrected chi connectivity index (χ0v) is 40.9.